The van der Waals surface area contributed by atoms with E-state index in [1.807, 2.05) is 55.5 Å². The van der Waals surface area contributed by atoms with Crippen molar-refractivity contribution in [3.63, 3.8) is 0 Å². The van der Waals surface area contributed by atoms with Crippen molar-refractivity contribution >= 4 is 21.8 Å². The minimum atomic E-state index is -0.381. The molecule has 0 saturated carbocycles. The van der Waals surface area contributed by atoms with E-state index in [9.17, 15) is 9.59 Å². The van der Waals surface area contributed by atoms with Crippen LogP contribution in [0.15, 0.2) is 69.9 Å². The number of nitrogens with one attached hydrogen (secondary N) is 1. The Kier molecular flexibility index (Phi) is 5.38. The Morgan fingerprint density at radius 1 is 1.08 bits per heavy atom. The van der Waals surface area contributed by atoms with Crippen molar-refractivity contribution in [1.29, 1.82) is 0 Å². The summed E-state index contributed by atoms with van der Waals surface area (Å²) in [7, 11) is 1.69. The first-order valence-electron chi connectivity index (χ1n) is 8.25. The third-order valence-electron chi connectivity index (χ3n) is 4.18. The molecule has 2 aromatic carbocycles. The highest BCUT2D eigenvalue weighted by Crippen LogP contribution is 2.19. The van der Waals surface area contributed by atoms with Gasteiger partial charge in [0.1, 0.15) is 5.56 Å². The molecule has 4 nitrogen and oxygen atoms in total. The summed E-state index contributed by atoms with van der Waals surface area (Å²) in [5, 5.41) is 0. The summed E-state index contributed by atoms with van der Waals surface area (Å²) in [6.07, 6.45) is 0. The molecule has 0 bridgehead atoms. The van der Waals surface area contributed by atoms with E-state index in [1.165, 1.54) is 4.90 Å². The Balaban J connectivity index is 1.84. The van der Waals surface area contributed by atoms with Crippen LogP contribution in [0.1, 0.15) is 21.5 Å². The molecule has 0 aliphatic heterocycles. The van der Waals surface area contributed by atoms with Crippen LogP contribution in [-0.4, -0.2) is 22.8 Å². The second kappa shape index (κ2) is 7.70. The summed E-state index contributed by atoms with van der Waals surface area (Å²) in [4.78, 5) is 29.5. The number of halogens is 1. The topological polar surface area (TPSA) is 53.2 Å². The van der Waals surface area contributed by atoms with Gasteiger partial charge in [0.05, 0.1) is 0 Å². The van der Waals surface area contributed by atoms with Crippen LogP contribution in [0.2, 0.25) is 0 Å². The number of carbonyl (C=O) groups excluding carboxylic acids is 1. The minimum absolute atomic E-state index is 0.135. The normalized spacial score (nSPS) is 10.6. The van der Waals surface area contributed by atoms with E-state index in [1.54, 1.807) is 19.2 Å². The predicted octanol–water partition coefficient (Wildman–Crippen LogP) is 4.39. The first-order chi connectivity index (χ1) is 12.5. The molecular weight excluding hydrogens is 392 g/mol. The predicted molar refractivity (Wildman–Crippen MR) is 107 cm³/mol. The van der Waals surface area contributed by atoms with Gasteiger partial charge in [-0.3, -0.25) is 9.59 Å². The van der Waals surface area contributed by atoms with E-state index < -0.39 is 0 Å². The molecule has 0 radical (unpaired) electrons. The molecule has 0 saturated heterocycles. The van der Waals surface area contributed by atoms with Gasteiger partial charge in [0.15, 0.2) is 0 Å². The Morgan fingerprint density at radius 2 is 1.85 bits per heavy atom. The molecule has 0 fully saturated rings. The Labute approximate surface area is 160 Å². The van der Waals surface area contributed by atoms with Crippen LogP contribution in [0.25, 0.3) is 11.3 Å². The molecule has 3 rings (SSSR count). The number of amides is 1. The molecule has 1 amide bonds. The van der Waals surface area contributed by atoms with Crippen LogP contribution < -0.4 is 5.56 Å². The molecule has 1 aromatic heterocycles. The largest absolute Gasteiger partial charge is 0.337 e. The van der Waals surface area contributed by atoms with Gasteiger partial charge < -0.3 is 9.88 Å². The molecule has 0 unspecified atom stereocenters. The molecule has 1 N–H and O–H groups in total. The summed E-state index contributed by atoms with van der Waals surface area (Å²) in [6.45, 7) is 2.41. The van der Waals surface area contributed by atoms with Gasteiger partial charge in [-0.15, -0.1) is 0 Å². The minimum Gasteiger partial charge on any atom is -0.337 e. The lowest BCUT2D eigenvalue weighted by Gasteiger charge is -2.18. The molecule has 1 heterocycles. The van der Waals surface area contributed by atoms with Gasteiger partial charge in [-0.25, -0.2) is 0 Å². The quantitative estimate of drug-likeness (QED) is 0.693. The fraction of sp³-hybridized carbons (Fsp3) is 0.143. The summed E-state index contributed by atoms with van der Waals surface area (Å²) in [6, 6.07) is 18.9. The van der Waals surface area contributed by atoms with Gasteiger partial charge in [0.25, 0.3) is 11.5 Å². The first kappa shape index (κ1) is 18.1. The maximum absolute atomic E-state index is 12.7. The zero-order valence-electron chi connectivity index (χ0n) is 14.6. The molecule has 26 heavy (non-hydrogen) atoms. The number of pyridine rings is 1. The van der Waals surface area contributed by atoms with Gasteiger partial charge in [-0.2, -0.15) is 0 Å². The number of rotatable bonds is 4. The Morgan fingerprint density at radius 3 is 2.54 bits per heavy atom. The van der Waals surface area contributed by atoms with E-state index >= 15 is 0 Å². The monoisotopic (exact) mass is 410 g/mol. The molecule has 3 aromatic rings. The van der Waals surface area contributed by atoms with E-state index in [-0.39, 0.29) is 17.0 Å². The van der Waals surface area contributed by atoms with E-state index in [0.717, 1.165) is 21.2 Å². The molecule has 0 atom stereocenters. The van der Waals surface area contributed by atoms with Crippen molar-refractivity contribution in [2.75, 3.05) is 7.05 Å². The maximum Gasteiger partial charge on any atom is 0.261 e. The van der Waals surface area contributed by atoms with Crippen LogP contribution in [0.4, 0.5) is 0 Å². The van der Waals surface area contributed by atoms with E-state index in [0.29, 0.717) is 12.2 Å². The highest BCUT2D eigenvalue weighted by Gasteiger charge is 2.17. The van der Waals surface area contributed by atoms with Gasteiger partial charge in [-0.1, -0.05) is 57.9 Å². The fourth-order valence-corrected chi connectivity index (χ4v) is 3.19. The molecule has 0 spiro atoms. The van der Waals surface area contributed by atoms with Crippen LogP contribution in [0.5, 0.6) is 0 Å². The van der Waals surface area contributed by atoms with Crippen LogP contribution >= 0.6 is 15.9 Å². The van der Waals surface area contributed by atoms with Crippen LogP contribution in [0.3, 0.4) is 0 Å². The molecular formula is C21H19BrN2O2. The molecule has 0 aliphatic rings. The van der Waals surface area contributed by atoms with Crippen molar-refractivity contribution in [1.82, 2.24) is 9.88 Å². The number of benzene rings is 2. The lowest BCUT2D eigenvalue weighted by molar-refractivity contribution is 0.0783. The fourth-order valence-electron chi connectivity index (χ4n) is 2.78. The summed E-state index contributed by atoms with van der Waals surface area (Å²) in [5.74, 6) is -0.308. The van der Waals surface area contributed by atoms with Gasteiger partial charge in [0.2, 0.25) is 0 Å². The number of aromatic nitrogens is 1. The highest BCUT2D eigenvalue weighted by molar-refractivity contribution is 9.10. The number of H-pyrrole nitrogens is 1. The number of hydrogen-bond acceptors (Lipinski definition) is 2. The van der Waals surface area contributed by atoms with Crippen molar-refractivity contribution in [2.24, 2.45) is 0 Å². The summed E-state index contributed by atoms with van der Waals surface area (Å²) >= 11 is 3.48. The third-order valence-corrected chi connectivity index (χ3v) is 4.95. The Hall–Kier alpha value is -2.66. The second-order valence-electron chi connectivity index (χ2n) is 6.24. The average molecular weight is 411 g/mol. The first-order valence-corrected chi connectivity index (χ1v) is 9.04. The molecule has 5 heteroatoms. The third kappa shape index (κ3) is 3.94. The smallest absolute Gasteiger partial charge is 0.261 e. The van der Waals surface area contributed by atoms with E-state index in [4.69, 9.17) is 0 Å². The lowest BCUT2D eigenvalue weighted by Crippen LogP contribution is -2.31. The molecule has 132 valence electrons. The number of aryl methyl sites for hydroxylation is 1. The standard InChI is InChI=1S/C21H19BrN2O2/c1-14-6-5-8-15(12-14)19-11-10-17(20(25)23-19)21(26)24(2)13-16-7-3-4-9-18(16)22/h3-12H,13H2,1-2H3,(H,23,25). The summed E-state index contributed by atoms with van der Waals surface area (Å²) < 4.78 is 0.934. The highest BCUT2D eigenvalue weighted by atomic mass is 79.9. The lowest BCUT2D eigenvalue weighted by atomic mass is 10.1. The van der Waals surface area contributed by atoms with E-state index in [2.05, 4.69) is 20.9 Å². The number of nitrogens with zero attached hydrogens (tertiary/aromatic N) is 1. The van der Waals surface area contributed by atoms with Crippen molar-refractivity contribution in [2.45, 2.75) is 13.5 Å². The SMILES string of the molecule is Cc1cccc(-c2ccc(C(=O)N(C)Cc3ccccc3Br)c(=O)[nH]2)c1. The summed E-state index contributed by atoms with van der Waals surface area (Å²) in [5.41, 5.74) is 3.46. The van der Waals surface area contributed by atoms with Crippen LogP contribution in [-0.2, 0) is 6.54 Å². The zero-order valence-corrected chi connectivity index (χ0v) is 16.2. The van der Waals surface area contributed by atoms with Crippen molar-refractivity contribution in [3.05, 3.63) is 92.2 Å². The second-order valence-corrected chi connectivity index (χ2v) is 7.09. The van der Waals surface area contributed by atoms with Gasteiger partial charge in [-0.05, 0) is 42.3 Å². The number of hydrogen-bond donors (Lipinski definition) is 1. The van der Waals surface area contributed by atoms with Crippen molar-refractivity contribution < 1.29 is 4.79 Å². The number of aromatic amines is 1. The zero-order chi connectivity index (χ0) is 18.7. The molecule has 0 aliphatic carbocycles. The average Bonchev–Trinajstić information content (AvgIpc) is 2.63. The van der Waals surface area contributed by atoms with Gasteiger partial charge in [0, 0.05) is 23.8 Å². The van der Waals surface area contributed by atoms with Crippen molar-refractivity contribution in [3.8, 4) is 11.3 Å². The van der Waals surface area contributed by atoms with Gasteiger partial charge >= 0.3 is 0 Å². The number of carbonyl (C=O) groups is 1. The Bertz CT molecular complexity index is 1010. The van der Waals surface area contributed by atoms with Crippen LogP contribution in [0, 0.1) is 6.92 Å². The maximum atomic E-state index is 12.7.